The highest BCUT2D eigenvalue weighted by Gasteiger charge is 2.26. The van der Waals surface area contributed by atoms with Crippen LogP contribution in [0, 0.1) is 6.92 Å². The van der Waals surface area contributed by atoms with Crippen molar-refractivity contribution in [3.05, 3.63) is 53.6 Å². The quantitative estimate of drug-likeness (QED) is 0.640. The van der Waals surface area contributed by atoms with Gasteiger partial charge < -0.3 is 14.8 Å². The van der Waals surface area contributed by atoms with Gasteiger partial charge in [-0.05, 0) is 67.6 Å². The molecule has 1 heterocycles. The Labute approximate surface area is 184 Å². The molecule has 7 nitrogen and oxygen atoms in total. The maximum absolute atomic E-state index is 12.8. The molecule has 0 aliphatic carbocycles. The Hall–Kier alpha value is -2.58. The van der Waals surface area contributed by atoms with Crippen molar-refractivity contribution in [1.82, 2.24) is 9.62 Å². The number of piperidine rings is 1. The first kappa shape index (κ1) is 23.1. The Kier molecular flexibility index (Phi) is 7.92. The fourth-order valence-corrected chi connectivity index (χ4v) is 5.13. The van der Waals surface area contributed by atoms with Gasteiger partial charge in [0.25, 0.3) is 5.91 Å². The number of benzene rings is 2. The van der Waals surface area contributed by atoms with Gasteiger partial charge in [-0.25, -0.2) is 8.42 Å². The largest absolute Gasteiger partial charge is 0.497 e. The first-order valence-corrected chi connectivity index (χ1v) is 12.0. The lowest BCUT2D eigenvalue weighted by Gasteiger charge is -2.26. The van der Waals surface area contributed by atoms with Crippen molar-refractivity contribution in [2.24, 2.45) is 0 Å². The van der Waals surface area contributed by atoms with Gasteiger partial charge in [-0.2, -0.15) is 4.31 Å². The molecular formula is C23H30N2O5S. The van der Waals surface area contributed by atoms with E-state index in [2.05, 4.69) is 5.32 Å². The summed E-state index contributed by atoms with van der Waals surface area (Å²) < 4.78 is 37.9. The van der Waals surface area contributed by atoms with E-state index in [4.69, 9.17) is 9.47 Å². The number of aryl methyl sites for hydroxylation is 1. The van der Waals surface area contributed by atoms with E-state index in [1.54, 1.807) is 36.5 Å². The number of methoxy groups -OCH3 is 1. The molecule has 0 bridgehead atoms. The molecule has 0 radical (unpaired) electrons. The second-order valence-electron chi connectivity index (χ2n) is 7.63. The number of sulfonamides is 1. The summed E-state index contributed by atoms with van der Waals surface area (Å²) in [4.78, 5) is 12.4. The molecular weight excluding hydrogens is 416 g/mol. The molecule has 0 saturated carbocycles. The fourth-order valence-electron chi connectivity index (χ4n) is 3.53. The molecule has 1 fully saturated rings. The van der Waals surface area contributed by atoms with E-state index in [1.165, 1.54) is 0 Å². The topological polar surface area (TPSA) is 84.9 Å². The Morgan fingerprint density at radius 3 is 2.42 bits per heavy atom. The number of hydrogen-bond donors (Lipinski definition) is 1. The molecule has 0 unspecified atom stereocenters. The molecule has 2 aromatic rings. The van der Waals surface area contributed by atoms with E-state index in [-0.39, 0.29) is 17.4 Å². The van der Waals surface area contributed by atoms with E-state index in [9.17, 15) is 13.2 Å². The molecule has 1 aliphatic heterocycles. The Morgan fingerprint density at radius 2 is 1.77 bits per heavy atom. The Bertz CT molecular complexity index is 984. The van der Waals surface area contributed by atoms with Crippen LogP contribution in [0.3, 0.4) is 0 Å². The first-order valence-electron chi connectivity index (χ1n) is 10.5. The van der Waals surface area contributed by atoms with Crippen molar-refractivity contribution in [2.45, 2.75) is 37.5 Å². The summed E-state index contributed by atoms with van der Waals surface area (Å²) in [5, 5.41) is 2.83. The van der Waals surface area contributed by atoms with Crippen LogP contribution in [0.15, 0.2) is 47.4 Å². The summed E-state index contributed by atoms with van der Waals surface area (Å²) in [7, 11) is -1.86. The van der Waals surface area contributed by atoms with E-state index < -0.39 is 10.0 Å². The highest BCUT2D eigenvalue weighted by Crippen LogP contribution is 2.25. The van der Waals surface area contributed by atoms with Crippen molar-refractivity contribution in [3.8, 4) is 11.5 Å². The fraction of sp³-hybridized carbons (Fsp3) is 0.435. The van der Waals surface area contributed by atoms with Crippen molar-refractivity contribution in [2.75, 3.05) is 33.4 Å². The molecule has 1 aliphatic rings. The third-order valence-corrected chi connectivity index (χ3v) is 7.25. The number of ether oxygens (including phenoxy) is 2. The lowest BCUT2D eigenvalue weighted by atomic mass is 10.1. The predicted molar refractivity (Wildman–Crippen MR) is 119 cm³/mol. The molecule has 168 valence electrons. The van der Waals surface area contributed by atoms with Crippen LogP contribution in [0.1, 0.15) is 30.4 Å². The molecule has 2 aromatic carbocycles. The van der Waals surface area contributed by atoms with Crippen LogP contribution >= 0.6 is 0 Å². The van der Waals surface area contributed by atoms with E-state index in [0.29, 0.717) is 37.4 Å². The molecule has 0 aromatic heterocycles. The van der Waals surface area contributed by atoms with Crippen LogP contribution in [0.2, 0.25) is 0 Å². The van der Waals surface area contributed by atoms with E-state index >= 15 is 0 Å². The van der Waals surface area contributed by atoms with Gasteiger partial charge in [0.1, 0.15) is 11.5 Å². The van der Waals surface area contributed by atoms with Crippen LogP contribution in [-0.4, -0.2) is 52.0 Å². The highest BCUT2D eigenvalue weighted by molar-refractivity contribution is 7.89. The smallest absolute Gasteiger partial charge is 0.257 e. The number of carbonyl (C=O) groups is 1. The molecule has 8 heteroatoms. The summed E-state index contributed by atoms with van der Waals surface area (Å²) in [6.07, 6.45) is 3.57. The monoisotopic (exact) mass is 446 g/mol. The van der Waals surface area contributed by atoms with E-state index in [0.717, 1.165) is 30.6 Å². The highest BCUT2D eigenvalue weighted by atomic mass is 32.2. The maximum atomic E-state index is 12.8. The SMILES string of the molecule is COc1ccc(CCNC(=O)COc2ccc(S(=O)(=O)N3CCCCC3)cc2C)cc1. The number of rotatable bonds is 9. The van der Waals surface area contributed by atoms with Crippen molar-refractivity contribution >= 4 is 15.9 Å². The Balaban J connectivity index is 1.49. The standard InChI is InChI=1S/C23H30N2O5S/c1-18-16-21(31(27,28)25-14-4-3-5-15-25)10-11-22(18)30-17-23(26)24-13-12-19-6-8-20(29-2)9-7-19/h6-11,16H,3-5,12-15,17H2,1-2H3,(H,24,26). The van der Waals surface area contributed by atoms with Crippen LogP contribution in [0.5, 0.6) is 11.5 Å². The van der Waals surface area contributed by atoms with Gasteiger partial charge in [-0.15, -0.1) is 0 Å². The second kappa shape index (κ2) is 10.6. The van der Waals surface area contributed by atoms with Crippen LogP contribution in [0.4, 0.5) is 0 Å². The molecule has 31 heavy (non-hydrogen) atoms. The minimum atomic E-state index is -3.48. The molecule has 0 spiro atoms. The lowest BCUT2D eigenvalue weighted by molar-refractivity contribution is -0.123. The van der Waals surface area contributed by atoms with Crippen LogP contribution in [0.25, 0.3) is 0 Å². The first-order chi connectivity index (χ1) is 14.9. The van der Waals surface area contributed by atoms with Gasteiger partial charge in [0.2, 0.25) is 10.0 Å². The Morgan fingerprint density at radius 1 is 1.06 bits per heavy atom. The number of nitrogens with zero attached hydrogens (tertiary/aromatic N) is 1. The van der Waals surface area contributed by atoms with Crippen molar-refractivity contribution in [3.63, 3.8) is 0 Å². The summed E-state index contributed by atoms with van der Waals surface area (Å²) in [5.41, 5.74) is 1.78. The third-order valence-electron chi connectivity index (χ3n) is 5.35. The van der Waals surface area contributed by atoms with Gasteiger partial charge >= 0.3 is 0 Å². The summed E-state index contributed by atoms with van der Waals surface area (Å²) in [5.74, 6) is 1.08. The maximum Gasteiger partial charge on any atom is 0.257 e. The zero-order valence-electron chi connectivity index (χ0n) is 18.1. The summed E-state index contributed by atoms with van der Waals surface area (Å²) in [6, 6.07) is 12.5. The summed E-state index contributed by atoms with van der Waals surface area (Å²) >= 11 is 0. The van der Waals surface area contributed by atoms with E-state index in [1.807, 2.05) is 24.3 Å². The number of nitrogens with one attached hydrogen (secondary N) is 1. The van der Waals surface area contributed by atoms with Gasteiger partial charge in [-0.1, -0.05) is 18.6 Å². The molecule has 1 amide bonds. The average molecular weight is 447 g/mol. The van der Waals surface area contributed by atoms with Gasteiger partial charge in [0, 0.05) is 19.6 Å². The summed E-state index contributed by atoms with van der Waals surface area (Å²) in [6.45, 7) is 3.29. The number of carbonyl (C=O) groups excluding carboxylic acids is 1. The third kappa shape index (κ3) is 6.21. The minimum Gasteiger partial charge on any atom is -0.497 e. The average Bonchev–Trinajstić information content (AvgIpc) is 2.79. The predicted octanol–water partition coefficient (Wildman–Crippen LogP) is 2.92. The minimum absolute atomic E-state index is 0.123. The number of hydrogen-bond acceptors (Lipinski definition) is 5. The lowest BCUT2D eigenvalue weighted by Crippen LogP contribution is -2.35. The van der Waals surface area contributed by atoms with Crippen LogP contribution in [-0.2, 0) is 21.2 Å². The molecule has 0 atom stereocenters. The molecule has 3 rings (SSSR count). The molecule has 1 N–H and O–H groups in total. The van der Waals surface area contributed by atoms with Crippen molar-refractivity contribution in [1.29, 1.82) is 0 Å². The van der Waals surface area contributed by atoms with Gasteiger partial charge in [-0.3, -0.25) is 4.79 Å². The van der Waals surface area contributed by atoms with Gasteiger partial charge in [0.15, 0.2) is 6.61 Å². The zero-order valence-corrected chi connectivity index (χ0v) is 18.9. The van der Waals surface area contributed by atoms with Gasteiger partial charge in [0.05, 0.1) is 12.0 Å². The normalized spacial score (nSPS) is 14.8. The second-order valence-corrected chi connectivity index (χ2v) is 9.57. The number of amides is 1. The molecule has 1 saturated heterocycles. The van der Waals surface area contributed by atoms with Crippen LogP contribution < -0.4 is 14.8 Å². The van der Waals surface area contributed by atoms with Crippen molar-refractivity contribution < 1.29 is 22.7 Å². The zero-order chi connectivity index (χ0) is 22.3.